The third kappa shape index (κ3) is 6.84. The van der Waals surface area contributed by atoms with Gasteiger partial charge in [-0.15, -0.1) is 0 Å². The fraction of sp³-hybridized carbons (Fsp3) is 1.00. The predicted octanol–water partition coefficient (Wildman–Crippen LogP) is 3.30. The number of fused-ring (bicyclic) bond motifs is 7. The monoisotopic (exact) mass is 734 g/mol. The predicted molar refractivity (Wildman–Crippen MR) is 166 cm³/mol. The fourth-order valence-corrected chi connectivity index (χ4v) is 12.7. The van der Waals surface area contributed by atoms with Crippen molar-refractivity contribution in [1.29, 1.82) is 0 Å². The molecule has 47 heavy (non-hydrogen) atoms. The highest BCUT2D eigenvalue weighted by molar-refractivity contribution is 7.80. The number of phosphoric ester groups is 2. The maximum Gasteiger partial charge on any atom is 0.472 e. The summed E-state index contributed by atoms with van der Waals surface area (Å²) in [4.78, 5) is 30.9. The fourth-order valence-electron chi connectivity index (χ4n) is 10.9. The molecule has 6 N–H and O–H groups in total. The smallest absolute Gasteiger partial charge is 0.390 e. The van der Waals surface area contributed by atoms with Crippen LogP contribution in [0.1, 0.15) is 73.6 Å². The summed E-state index contributed by atoms with van der Waals surface area (Å²) in [5.41, 5.74) is -1.58. The molecule has 274 valence electrons. The topological polar surface area (TPSA) is 236 Å². The van der Waals surface area contributed by atoms with Crippen LogP contribution in [0.25, 0.3) is 0 Å². The first kappa shape index (κ1) is 38.2. The third-order valence-corrected chi connectivity index (χ3v) is 15.0. The molecule has 0 spiro atoms. The molecule has 17 atom stereocenters. The van der Waals surface area contributed by atoms with E-state index in [1.54, 1.807) is 0 Å². The molecule has 0 amide bonds. The quantitative estimate of drug-likeness (QED) is 0.147. The van der Waals surface area contributed by atoms with Crippen molar-refractivity contribution < 1.29 is 69.5 Å². The van der Waals surface area contributed by atoms with Crippen molar-refractivity contribution in [2.45, 2.75) is 116 Å². The van der Waals surface area contributed by atoms with E-state index in [1.807, 2.05) is 13.8 Å². The SMILES string of the molecule is COP(=O)(O)O[C@@H]1[C@H]2OC([C@@H](C)C(C)C)C[C@@H](C)[C@@H]2[C@@]2(C)CC[C@H]3[C@@H]([C@@H](OP(=O)(O)O)[C@@H](O)[C@H]4[C@@H](O)[C@H](OS(=O)(=O)O)CC[C@@]43C)[C@H]12. The second-order valence-corrected chi connectivity index (χ2v) is 19.4. The second kappa shape index (κ2) is 12.9. The number of aliphatic hydroxyl groups excluding tert-OH is 2. The van der Waals surface area contributed by atoms with E-state index >= 15 is 0 Å². The highest BCUT2D eigenvalue weighted by Gasteiger charge is 2.73. The minimum atomic E-state index is -5.29. The summed E-state index contributed by atoms with van der Waals surface area (Å²) in [6.45, 7) is 12.3. The zero-order valence-corrected chi connectivity index (χ0v) is 30.5. The van der Waals surface area contributed by atoms with Crippen LogP contribution >= 0.6 is 15.6 Å². The Morgan fingerprint density at radius 2 is 1.51 bits per heavy atom. The molecule has 5 fully saturated rings. The van der Waals surface area contributed by atoms with Crippen LogP contribution in [0.4, 0.5) is 0 Å². The number of hydrogen-bond acceptors (Lipinski definition) is 11. The van der Waals surface area contributed by atoms with E-state index in [9.17, 15) is 47.0 Å². The van der Waals surface area contributed by atoms with Crippen LogP contribution in [0.2, 0.25) is 0 Å². The lowest BCUT2D eigenvalue weighted by Gasteiger charge is -2.65. The summed E-state index contributed by atoms with van der Waals surface area (Å²) < 4.78 is 86.0. The number of aliphatic hydroxyl groups is 2. The van der Waals surface area contributed by atoms with Crippen molar-refractivity contribution in [3.63, 3.8) is 0 Å². The van der Waals surface area contributed by atoms with E-state index in [0.29, 0.717) is 12.8 Å². The molecule has 1 saturated heterocycles. The van der Waals surface area contributed by atoms with Gasteiger partial charge in [0.1, 0.15) is 6.10 Å². The lowest BCUT2D eigenvalue weighted by molar-refractivity contribution is -0.250. The molecule has 0 aromatic heterocycles. The van der Waals surface area contributed by atoms with Crippen LogP contribution in [0, 0.1) is 58.2 Å². The van der Waals surface area contributed by atoms with E-state index in [2.05, 4.69) is 27.7 Å². The van der Waals surface area contributed by atoms with Gasteiger partial charge in [0.15, 0.2) is 0 Å². The second-order valence-electron chi connectivity index (χ2n) is 15.6. The first-order valence-corrected chi connectivity index (χ1v) is 20.8. The highest BCUT2D eigenvalue weighted by atomic mass is 32.3. The van der Waals surface area contributed by atoms with Gasteiger partial charge in [0, 0.05) is 13.0 Å². The molecule has 0 bridgehead atoms. The molecule has 0 aromatic carbocycles. The first-order valence-electron chi connectivity index (χ1n) is 16.4. The number of rotatable bonds is 9. The number of hydrogen-bond donors (Lipinski definition) is 6. The van der Waals surface area contributed by atoms with Crippen molar-refractivity contribution in [1.82, 2.24) is 0 Å². The van der Waals surface area contributed by atoms with E-state index in [1.165, 1.54) is 0 Å². The third-order valence-electron chi connectivity index (χ3n) is 13.0. The van der Waals surface area contributed by atoms with Crippen molar-refractivity contribution in [2.24, 2.45) is 58.2 Å². The lowest BCUT2D eigenvalue weighted by atomic mass is 9.42. The first-order chi connectivity index (χ1) is 21.5. The van der Waals surface area contributed by atoms with Gasteiger partial charge in [0.2, 0.25) is 0 Å². The Balaban J connectivity index is 1.65. The molecule has 1 heterocycles. The van der Waals surface area contributed by atoms with Gasteiger partial charge in [0.25, 0.3) is 0 Å². The van der Waals surface area contributed by atoms with Crippen LogP contribution in [0.15, 0.2) is 0 Å². The van der Waals surface area contributed by atoms with Gasteiger partial charge in [-0.05, 0) is 84.4 Å². The number of ether oxygens (including phenoxy) is 1. The Morgan fingerprint density at radius 1 is 0.894 bits per heavy atom. The van der Waals surface area contributed by atoms with Gasteiger partial charge in [-0.3, -0.25) is 18.1 Å². The average Bonchev–Trinajstić information content (AvgIpc) is 3.18. The van der Waals surface area contributed by atoms with E-state index < -0.39 is 97.2 Å². The Kier molecular flexibility index (Phi) is 10.5. The molecular weight excluding hydrogens is 682 g/mol. The molecule has 2 unspecified atom stereocenters. The van der Waals surface area contributed by atoms with Crippen molar-refractivity contribution >= 4 is 26.0 Å². The Hall–Kier alpha value is -0.0300. The largest absolute Gasteiger partial charge is 0.472 e. The molecule has 0 radical (unpaired) electrons. The van der Waals surface area contributed by atoms with Gasteiger partial charge in [-0.1, -0.05) is 41.5 Å². The molecular formula is C29H52O15P2S. The van der Waals surface area contributed by atoms with E-state index in [4.69, 9.17) is 22.5 Å². The molecule has 4 aliphatic carbocycles. The zero-order chi connectivity index (χ0) is 35.2. The van der Waals surface area contributed by atoms with Gasteiger partial charge in [-0.2, -0.15) is 8.42 Å². The minimum Gasteiger partial charge on any atom is -0.390 e. The van der Waals surface area contributed by atoms with Gasteiger partial charge in [0.05, 0.1) is 36.6 Å². The molecule has 5 rings (SSSR count). The number of phosphoric acid groups is 2. The van der Waals surface area contributed by atoms with Crippen LogP contribution in [0.3, 0.4) is 0 Å². The summed E-state index contributed by atoms with van der Waals surface area (Å²) >= 11 is 0. The van der Waals surface area contributed by atoms with Crippen LogP contribution in [0.5, 0.6) is 0 Å². The molecule has 4 saturated carbocycles. The average molecular weight is 735 g/mol. The van der Waals surface area contributed by atoms with Crippen molar-refractivity contribution in [3.05, 3.63) is 0 Å². The normalized spacial score (nSPS) is 48.9. The minimum absolute atomic E-state index is 0.00542. The lowest BCUT2D eigenvalue weighted by Crippen LogP contribution is -2.69. The van der Waals surface area contributed by atoms with Crippen molar-refractivity contribution in [2.75, 3.05) is 7.11 Å². The van der Waals surface area contributed by atoms with Gasteiger partial charge >= 0.3 is 26.0 Å². The molecule has 15 nitrogen and oxygen atoms in total. The summed E-state index contributed by atoms with van der Waals surface area (Å²) in [5.74, 6) is -2.88. The van der Waals surface area contributed by atoms with E-state index in [-0.39, 0.29) is 42.6 Å². The molecule has 0 aromatic rings. The van der Waals surface area contributed by atoms with Crippen LogP contribution < -0.4 is 0 Å². The van der Waals surface area contributed by atoms with Gasteiger partial charge < -0.3 is 29.6 Å². The van der Waals surface area contributed by atoms with E-state index in [0.717, 1.165) is 13.5 Å². The summed E-state index contributed by atoms with van der Waals surface area (Å²) in [5, 5.41) is 23.4. The summed E-state index contributed by atoms with van der Waals surface area (Å²) in [6, 6.07) is 0. The van der Waals surface area contributed by atoms with Crippen LogP contribution in [-0.4, -0.2) is 87.7 Å². The molecule has 1 aliphatic heterocycles. The molecule has 18 heteroatoms. The summed E-state index contributed by atoms with van der Waals surface area (Å²) in [7, 11) is -13.8. The Labute approximate surface area is 276 Å². The maximum atomic E-state index is 13.2. The van der Waals surface area contributed by atoms with Crippen LogP contribution in [-0.2, 0) is 42.0 Å². The Bertz CT molecular complexity index is 1370. The highest BCUT2D eigenvalue weighted by Crippen LogP contribution is 2.72. The standard InChI is InChI=1S/C29H52O15P2S/c1-13(2)15(4)18-12-14(3)20-26(41-18)27(43-46(35,36)40-7)21-19-16(8-10-29(20,21)6)28(5)11-9-17(44-47(37,38)39)23(30)22(28)24(31)25(19)42-45(32,33)34/h13-27,30-31H,8-12H2,1-7H3,(H,35,36)(H2,32,33,34)(H,37,38,39)/t14-,15+,16+,17-,18?,19-,20+,21-,22-,23+,24+,25-,26+,27+,28-,29-/m1/s1. The van der Waals surface area contributed by atoms with Gasteiger partial charge in [-0.25, -0.2) is 13.3 Å². The van der Waals surface area contributed by atoms with Crippen molar-refractivity contribution in [3.8, 4) is 0 Å². The summed E-state index contributed by atoms with van der Waals surface area (Å²) in [6.07, 6.45) is -6.33. The maximum absolute atomic E-state index is 13.2. The Morgan fingerprint density at radius 3 is 2.06 bits per heavy atom. The zero-order valence-electron chi connectivity index (χ0n) is 27.9. The molecule has 5 aliphatic rings.